The van der Waals surface area contributed by atoms with E-state index in [2.05, 4.69) is 31.9 Å². The number of anilines is 1. The molecule has 1 aromatic heterocycles. The molecule has 1 saturated heterocycles. The van der Waals surface area contributed by atoms with Crippen LogP contribution in [0, 0.1) is 0 Å². The molecule has 0 spiro atoms. The van der Waals surface area contributed by atoms with Crippen molar-refractivity contribution in [3.8, 4) is 5.75 Å². The molecule has 3 aromatic rings. The minimum absolute atomic E-state index is 0.294. The molecule has 0 saturated carbocycles. The van der Waals surface area contributed by atoms with Gasteiger partial charge in [0.1, 0.15) is 24.3 Å². The van der Waals surface area contributed by atoms with Crippen LogP contribution in [0.1, 0.15) is 0 Å². The fourth-order valence-electron chi connectivity index (χ4n) is 3.41. The standard InChI is InChI=1S/C21H24N4O2/c26-19(16-27-20-6-5-17-3-1-2-4-18(17)13-20)15-24-9-11-25(12-10-24)21-14-22-7-8-23-21/h1-8,13-14,19,26H,9-12,15-16H2. The van der Waals surface area contributed by atoms with Crippen molar-refractivity contribution in [2.75, 3.05) is 44.2 Å². The predicted octanol–water partition coefficient (Wildman–Crippen LogP) is 2.19. The fourth-order valence-corrected chi connectivity index (χ4v) is 3.41. The Bertz CT molecular complexity index is 866. The number of ether oxygens (including phenoxy) is 1. The molecule has 0 bridgehead atoms. The van der Waals surface area contributed by atoms with Crippen molar-refractivity contribution in [3.63, 3.8) is 0 Å². The molecule has 6 nitrogen and oxygen atoms in total. The van der Waals surface area contributed by atoms with Gasteiger partial charge in [0.2, 0.25) is 0 Å². The molecule has 2 heterocycles. The second-order valence-corrected chi connectivity index (χ2v) is 6.83. The van der Waals surface area contributed by atoms with Crippen molar-refractivity contribution in [2.45, 2.75) is 6.10 Å². The molecule has 1 N–H and O–H groups in total. The summed E-state index contributed by atoms with van der Waals surface area (Å²) in [6.45, 7) is 4.46. The zero-order valence-electron chi connectivity index (χ0n) is 15.2. The maximum Gasteiger partial charge on any atom is 0.147 e. The van der Waals surface area contributed by atoms with Gasteiger partial charge in [-0.15, -0.1) is 0 Å². The third-order valence-corrected chi connectivity index (χ3v) is 4.88. The highest BCUT2D eigenvalue weighted by Gasteiger charge is 2.20. The summed E-state index contributed by atoms with van der Waals surface area (Å²) in [6, 6.07) is 14.2. The molecule has 140 valence electrons. The molecule has 1 aliphatic heterocycles. The van der Waals surface area contributed by atoms with E-state index in [-0.39, 0.29) is 0 Å². The lowest BCUT2D eigenvalue weighted by atomic mass is 10.1. The molecule has 2 aromatic carbocycles. The van der Waals surface area contributed by atoms with Gasteiger partial charge in [0.05, 0.1) is 6.20 Å². The average Bonchev–Trinajstić information content (AvgIpc) is 2.73. The normalized spacial score (nSPS) is 16.4. The van der Waals surface area contributed by atoms with E-state index in [9.17, 15) is 5.11 Å². The van der Waals surface area contributed by atoms with E-state index >= 15 is 0 Å². The van der Waals surface area contributed by atoms with E-state index in [4.69, 9.17) is 4.74 Å². The van der Waals surface area contributed by atoms with Gasteiger partial charge in [0, 0.05) is 45.1 Å². The molecule has 1 fully saturated rings. The highest BCUT2D eigenvalue weighted by Crippen LogP contribution is 2.20. The van der Waals surface area contributed by atoms with Crippen LogP contribution in [0.3, 0.4) is 0 Å². The Hall–Kier alpha value is -2.70. The number of nitrogens with zero attached hydrogens (tertiary/aromatic N) is 4. The van der Waals surface area contributed by atoms with Gasteiger partial charge in [-0.05, 0) is 22.9 Å². The summed E-state index contributed by atoms with van der Waals surface area (Å²) >= 11 is 0. The summed E-state index contributed by atoms with van der Waals surface area (Å²) in [5.41, 5.74) is 0. The number of fused-ring (bicyclic) bond motifs is 1. The molecule has 6 heteroatoms. The molecule has 0 amide bonds. The lowest BCUT2D eigenvalue weighted by Gasteiger charge is -2.36. The third-order valence-electron chi connectivity index (χ3n) is 4.88. The molecular weight excluding hydrogens is 340 g/mol. The Kier molecular flexibility index (Phi) is 5.46. The van der Waals surface area contributed by atoms with Crippen molar-refractivity contribution >= 4 is 16.6 Å². The van der Waals surface area contributed by atoms with Gasteiger partial charge in [-0.1, -0.05) is 30.3 Å². The SMILES string of the molecule is OC(COc1ccc2ccccc2c1)CN1CCN(c2cnccn2)CC1. The first kappa shape index (κ1) is 17.7. The van der Waals surface area contributed by atoms with Crippen molar-refractivity contribution < 1.29 is 9.84 Å². The maximum absolute atomic E-state index is 10.4. The first-order valence-electron chi connectivity index (χ1n) is 9.31. The number of hydrogen-bond donors (Lipinski definition) is 1. The molecule has 1 unspecified atom stereocenters. The molecule has 1 aliphatic rings. The fraction of sp³-hybridized carbons (Fsp3) is 0.333. The van der Waals surface area contributed by atoms with Gasteiger partial charge in [-0.25, -0.2) is 4.98 Å². The Morgan fingerprint density at radius 1 is 1.00 bits per heavy atom. The topological polar surface area (TPSA) is 61.7 Å². The molecule has 0 aliphatic carbocycles. The van der Waals surface area contributed by atoms with E-state index in [1.54, 1.807) is 18.6 Å². The zero-order chi connectivity index (χ0) is 18.5. The van der Waals surface area contributed by atoms with Gasteiger partial charge < -0.3 is 14.7 Å². The average molecular weight is 364 g/mol. The number of aliphatic hydroxyl groups excluding tert-OH is 1. The Balaban J connectivity index is 1.24. The molecular formula is C21H24N4O2. The summed E-state index contributed by atoms with van der Waals surface area (Å²) in [7, 11) is 0. The van der Waals surface area contributed by atoms with E-state index in [1.165, 1.54) is 5.39 Å². The van der Waals surface area contributed by atoms with Crippen molar-refractivity contribution in [2.24, 2.45) is 0 Å². The van der Waals surface area contributed by atoms with Crippen LogP contribution < -0.4 is 9.64 Å². The van der Waals surface area contributed by atoms with Crippen LogP contribution in [-0.2, 0) is 0 Å². The Morgan fingerprint density at radius 2 is 1.81 bits per heavy atom. The van der Waals surface area contributed by atoms with Crippen LogP contribution in [0.5, 0.6) is 5.75 Å². The number of benzene rings is 2. The monoisotopic (exact) mass is 364 g/mol. The van der Waals surface area contributed by atoms with Crippen molar-refractivity contribution in [1.82, 2.24) is 14.9 Å². The summed E-state index contributed by atoms with van der Waals surface area (Å²) in [5, 5.41) is 12.7. The third kappa shape index (κ3) is 4.53. The van der Waals surface area contributed by atoms with Gasteiger partial charge in [0.25, 0.3) is 0 Å². The second-order valence-electron chi connectivity index (χ2n) is 6.83. The minimum atomic E-state index is -0.514. The molecule has 27 heavy (non-hydrogen) atoms. The molecule has 4 rings (SSSR count). The smallest absolute Gasteiger partial charge is 0.147 e. The van der Waals surface area contributed by atoms with E-state index in [0.717, 1.165) is 43.1 Å². The number of hydrogen-bond acceptors (Lipinski definition) is 6. The summed E-state index contributed by atoms with van der Waals surface area (Å²) in [5.74, 6) is 1.71. The zero-order valence-corrected chi connectivity index (χ0v) is 15.2. The first-order chi connectivity index (χ1) is 13.3. The number of β-amino-alcohol motifs (C(OH)–C–C–N with tert-alkyl or cyclic N) is 1. The number of aromatic nitrogens is 2. The van der Waals surface area contributed by atoms with Gasteiger partial charge in [0.15, 0.2) is 0 Å². The van der Waals surface area contributed by atoms with Crippen LogP contribution in [0.4, 0.5) is 5.82 Å². The van der Waals surface area contributed by atoms with E-state index in [1.807, 2.05) is 30.3 Å². The second kappa shape index (κ2) is 8.33. The van der Waals surface area contributed by atoms with Crippen LogP contribution in [-0.4, -0.2) is 65.4 Å². The quantitative estimate of drug-likeness (QED) is 0.724. The lowest BCUT2D eigenvalue weighted by Crippen LogP contribution is -2.49. The van der Waals surface area contributed by atoms with Crippen LogP contribution in [0.2, 0.25) is 0 Å². The minimum Gasteiger partial charge on any atom is -0.491 e. The van der Waals surface area contributed by atoms with Crippen LogP contribution >= 0.6 is 0 Å². The van der Waals surface area contributed by atoms with Crippen molar-refractivity contribution in [3.05, 3.63) is 61.1 Å². The number of aliphatic hydroxyl groups is 1. The van der Waals surface area contributed by atoms with Gasteiger partial charge in [-0.2, -0.15) is 0 Å². The predicted molar refractivity (Wildman–Crippen MR) is 106 cm³/mol. The maximum atomic E-state index is 10.4. The lowest BCUT2D eigenvalue weighted by molar-refractivity contribution is 0.0663. The highest BCUT2D eigenvalue weighted by molar-refractivity contribution is 5.83. The highest BCUT2D eigenvalue weighted by atomic mass is 16.5. The van der Waals surface area contributed by atoms with Crippen LogP contribution in [0.15, 0.2) is 61.1 Å². The van der Waals surface area contributed by atoms with Gasteiger partial charge in [-0.3, -0.25) is 9.88 Å². The largest absolute Gasteiger partial charge is 0.491 e. The van der Waals surface area contributed by atoms with Gasteiger partial charge >= 0.3 is 0 Å². The number of rotatable bonds is 6. The van der Waals surface area contributed by atoms with Crippen LogP contribution in [0.25, 0.3) is 10.8 Å². The first-order valence-corrected chi connectivity index (χ1v) is 9.31. The van der Waals surface area contributed by atoms with E-state index < -0.39 is 6.10 Å². The molecule has 0 radical (unpaired) electrons. The molecule has 1 atom stereocenters. The Morgan fingerprint density at radius 3 is 2.59 bits per heavy atom. The number of piperazine rings is 1. The van der Waals surface area contributed by atoms with Crippen molar-refractivity contribution in [1.29, 1.82) is 0 Å². The summed E-state index contributed by atoms with van der Waals surface area (Å²) < 4.78 is 5.80. The van der Waals surface area contributed by atoms with E-state index in [0.29, 0.717) is 13.2 Å². The summed E-state index contributed by atoms with van der Waals surface area (Å²) in [6.07, 6.45) is 4.68. The Labute approximate surface area is 159 Å². The summed E-state index contributed by atoms with van der Waals surface area (Å²) in [4.78, 5) is 13.0.